The highest BCUT2D eigenvalue weighted by atomic mass is 16.6. The van der Waals surface area contributed by atoms with E-state index in [2.05, 4.69) is 0 Å². The lowest BCUT2D eigenvalue weighted by molar-refractivity contribution is -0.384. The molecule has 0 aromatic heterocycles. The number of hydrogen-bond acceptors (Lipinski definition) is 5. The molecular formula is C9H7NO6. The van der Waals surface area contributed by atoms with E-state index in [9.17, 15) is 19.7 Å². The highest BCUT2D eigenvalue weighted by Crippen LogP contribution is 2.22. The Morgan fingerprint density at radius 1 is 1.38 bits per heavy atom. The van der Waals surface area contributed by atoms with Gasteiger partial charge in [-0.15, -0.1) is 0 Å². The lowest BCUT2D eigenvalue weighted by atomic mass is 10.1. The van der Waals surface area contributed by atoms with Crippen molar-refractivity contribution in [3.63, 3.8) is 0 Å². The third kappa shape index (κ3) is 2.32. The average molecular weight is 225 g/mol. The maximum Gasteiger partial charge on any atom is 0.377 e. The summed E-state index contributed by atoms with van der Waals surface area (Å²) in [5.74, 6) is -2.84. The average Bonchev–Trinajstić information content (AvgIpc) is 2.27. The van der Waals surface area contributed by atoms with Crippen LogP contribution >= 0.6 is 0 Å². The number of aliphatic carboxylic acids is 1. The molecule has 0 aliphatic rings. The molecule has 0 bridgehead atoms. The van der Waals surface area contributed by atoms with Crippen molar-refractivity contribution in [1.29, 1.82) is 0 Å². The molecule has 7 nitrogen and oxygen atoms in total. The molecule has 0 amide bonds. The second-order valence-corrected chi connectivity index (χ2v) is 2.81. The zero-order valence-corrected chi connectivity index (χ0v) is 8.17. The number of ether oxygens (including phenoxy) is 1. The van der Waals surface area contributed by atoms with Crippen molar-refractivity contribution in [2.45, 2.75) is 0 Å². The fraction of sp³-hybridized carbons (Fsp3) is 0.111. The Hall–Kier alpha value is -2.44. The molecule has 1 N–H and O–H groups in total. The second-order valence-electron chi connectivity index (χ2n) is 2.81. The van der Waals surface area contributed by atoms with Crippen LogP contribution in [0.3, 0.4) is 0 Å². The summed E-state index contributed by atoms with van der Waals surface area (Å²) in [4.78, 5) is 31.3. The number of nitrogens with zero attached hydrogens (tertiary/aromatic N) is 1. The summed E-state index contributed by atoms with van der Waals surface area (Å²) < 4.78 is 4.73. The molecule has 1 aromatic rings. The minimum absolute atomic E-state index is 0.0544. The van der Waals surface area contributed by atoms with Gasteiger partial charge in [0.25, 0.3) is 11.5 Å². The van der Waals surface area contributed by atoms with E-state index >= 15 is 0 Å². The first-order chi connectivity index (χ1) is 7.45. The SMILES string of the molecule is COc1cc(C(=O)C(=O)O)cc([N+](=O)[O-])c1. The van der Waals surface area contributed by atoms with Crippen LogP contribution in [0.4, 0.5) is 5.69 Å². The molecule has 0 heterocycles. The zero-order valence-electron chi connectivity index (χ0n) is 8.17. The molecule has 0 saturated heterocycles. The number of Topliss-reactive ketones (excluding diaryl/α,β-unsaturated/α-hetero) is 1. The van der Waals surface area contributed by atoms with Gasteiger partial charge in [0.2, 0.25) is 0 Å². The molecule has 0 fully saturated rings. The van der Waals surface area contributed by atoms with Crippen LogP contribution in [-0.4, -0.2) is 28.9 Å². The molecule has 0 saturated carbocycles. The number of rotatable bonds is 4. The predicted octanol–water partition coefficient (Wildman–Crippen LogP) is 0.871. The van der Waals surface area contributed by atoms with Crippen molar-refractivity contribution in [3.05, 3.63) is 33.9 Å². The van der Waals surface area contributed by atoms with Gasteiger partial charge in [-0.05, 0) is 6.07 Å². The quantitative estimate of drug-likeness (QED) is 0.352. The number of carbonyl (C=O) groups excluding carboxylic acids is 1. The number of carbonyl (C=O) groups is 2. The number of non-ortho nitro benzene ring substituents is 1. The monoisotopic (exact) mass is 225 g/mol. The van der Waals surface area contributed by atoms with Gasteiger partial charge in [-0.1, -0.05) is 0 Å². The van der Waals surface area contributed by atoms with Gasteiger partial charge >= 0.3 is 5.97 Å². The summed E-state index contributed by atoms with van der Waals surface area (Å²) >= 11 is 0. The van der Waals surface area contributed by atoms with E-state index in [1.54, 1.807) is 0 Å². The number of hydrogen-bond donors (Lipinski definition) is 1. The van der Waals surface area contributed by atoms with Crippen LogP contribution in [0.25, 0.3) is 0 Å². The Kier molecular flexibility index (Phi) is 3.19. The van der Waals surface area contributed by atoms with Gasteiger partial charge in [0.15, 0.2) is 0 Å². The molecule has 0 atom stereocenters. The van der Waals surface area contributed by atoms with Crippen molar-refractivity contribution in [2.24, 2.45) is 0 Å². The van der Waals surface area contributed by atoms with Crippen LogP contribution in [0.2, 0.25) is 0 Å². The first-order valence-electron chi connectivity index (χ1n) is 4.07. The smallest absolute Gasteiger partial charge is 0.377 e. The molecular weight excluding hydrogens is 218 g/mol. The van der Waals surface area contributed by atoms with Crippen molar-refractivity contribution in [1.82, 2.24) is 0 Å². The molecule has 16 heavy (non-hydrogen) atoms. The van der Waals surface area contributed by atoms with E-state index in [0.29, 0.717) is 0 Å². The lowest BCUT2D eigenvalue weighted by Crippen LogP contribution is -2.13. The highest BCUT2D eigenvalue weighted by Gasteiger charge is 2.19. The molecule has 84 valence electrons. The van der Waals surface area contributed by atoms with Crippen LogP contribution in [0.15, 0.2) is 18.2 Å². The number of carboxylic acid groups (broad SMARTS) is 1. The maximum absolute atomic E-state index is 11.1. The van der Waals surface area contributed by atoms with E-state index in [0.717, 1.165) is 18.2 Å². The Bertz CT molecular complexity index is 467. The van der Waals surface area contributed by atoms with Crippen LogP contribution in [0.1, 0.15) is 10.4 Å². The molecule has 1 aromatic carbocycles. The van der Waals surface area contributed by atoms with E-state index in [1.165, 1.54) is 7.11 Å². The molecule has 0 aliphatic heterocycles. The van der Waals surface area contributed by atoms with Crippen LogP contribution in [-0.2, 0) is 4.79 Å². The normalized spacial score (nSPS) is 9.56. The highest BCUT2D eigenvalue weighted by molar-refractivity contribution is 6.40. The molecule has 7 heteroatoms. The molecule has 1 rings (SSSR count). The summed E-state index contributed by atoms with van der Waals surface area (Å²) in [6.07, 6.45) is 0. The van der Waals surface area contributed by atoms with Crippen molar-refractivity contribution in [2.75, 3.05) is 7.11 Å². The Morgan fingerprint density at radius 3 is 2.44 bits per heavy atom. The van der Waals surface area contributed by atoms with Crippen LogP contribution < -0.4 is 4.74 Å². The molecule has 0 unspecified atom stereocenters. The number of carboxylic acids is 1. The Balaban J connectivity index is 3.29. The molecule has 0 spiro atoms. The summed E-state index contributed by atoms with van der Waals surface area (Å²) in [5.41, 5.74) is -0.692. The fourth-order valence-corrected chi connectivity index (χ4v) is 1.06. The summed E-state index contributed by atoms with van der Waals surface area (Å²) in [5, 5.41) is 19.0. The van der Waals surface area contributed by atoms with E-state index in [1.807, 2.05) is 0 Å². The topological polar surface area (TPSA) is 107 Å². The summed E-state index contributed by atoms with van der Waals surface area (Å²) in [6, 6.07) is 3.11. The minimum atomic E-state index is -1.68. The van der Waals surface area contributed by atoms with Gasteiger partial charge < -0.3 is 9.84 Å². The number of nitro groups is 1. The predicted molar refractivity (Wildman–Crippen MR) is 51.6 cm³/mol. The van der Waals surface area contributed by atoms with Gasteiger partial charge in [0.05, 0.1) is 18.1 Å². The van der Waals surface area contributed by atoms with Gasteiger partial charge in [-0.25, -0.2) is 4.79 Å². The number of benzene rings is 1. The summed E-state index contributed by atoms with van der Waals surface area (Å²) in [7, 11) is 1.26. The number of methoxy groups -OCH3 is 1. The number of ketones is 1. The first-order valence-corrected chi connectivity index (χ1v) is 4.07. The minimum Gasteiger partial charge on any atom is -0.496 e. The van der Waals surface area contributed by atoms with Gasteiger partial charge in [-0.3, -0.25) is 14.9 Å². The second kappa shape index (κ2) is 4.39. The Morgan fingerprint density at radius 2 is 2.00 bits per heavy atom. The zero-order chi connectivity index (χ0) is 12.3. The largest absolute Gasteiger partial charge is 0.496 e. The van der Waals surface area contributed by atoms with E-state index in [-0.39, 0.29) is 11.3 Å². The first kappa shape index (κ1) is 11.6. The van der Waals surface area contributed by atoms with Gasteiger partial charge in [-0.2, -0.15) is 0 Å². The molecule has 0 aliphatic carbocycles. The maximum atomic E-state index is 11.1. The van der Waals surface area contributed by atoms with Gasteiger partial charge in [0, 0.05) is 11.6 Å². The summed E-state index contributed by atoms with van der Waals surface area (Å²) in [6.45, 7) is 0. The van der Waals surface area contributed by atoms with Crippen molar-refractivity contribution >= 4 is 17.4 Å². The van der Waals surface area contributed by atoms with Gasteiger partial charge in [0.1, 0.15) is 5.75 Å². The lowest BCUT2D eigenvalue weighted by Gasteiger charge is -2.02. The van der Waals surface area contributed by atoms with E-state index in [4.69, 9.17) is 9.84 Å². The van der Waals surface area contributed by atoms with Crippen molar-refractivity contribution < 1.29 is 24.4 Å². The molecule has 0 radical (unpaired) electrons. The van der Waals surface area contributed by atoms with Crippen LogP contribution in [0.5, 0.6) is 5.75 Å². The fourth-order valence-electron chi connectivity index (χ4n) is 1.06. The Labute approximate surface area is 89.4 Å². The third-order valence-corrected chi connectivity index (χ3v) is 1.79. The van der Waals surface area contributed by atoms with Crippen LogP contribution in [0, 0.1) is 10.1 Å². The third-order valence-electron chi connectivity index (χ3n) is 1.79. The standard InChI is InChI=1S/C9H7NO6/c1-16-7-3-5(8(11)9(12)13)2-6(4-7)10(14)15/h2-4H,1H3,(H,12,13). The van der Waals surface area contributed by atoms with E-state index < -0.39 is 22.4 Å². The van der Waals surface area contributed by atoms with Crippen molar-refractivity contribution in [3.8, 4) is 5.75 Å². The number of nitro benzene ring substituents is 1.